The van der Waals surface area contributed by atoms with Crippen LogP contribution in [-0.2, 0) is 0 Å². The predicted molar refractivity (Wildman–Crippen MR) is 40.7 cm³/mol. The molecule has 0 aliphatic rings. The van der Waals surface area contributed by atoms with Gasteiger partial charge in [-0.1, -0.05) is 11.6 Å². The summed E-state index contributed by atoms with van der Waals surface area (Å²) in [5.41, 5.74) is 0.604. The molecule has 0 spiro atoms. The summed E-state index contributed by atoms with van der Waals surface area (Å²) in [6.07, 6.45) is 2.87. The average Bonchev–Trinajstić information content (AvgIpc) is 2.33. The van der Waals surface area contributed by atoms with E-state index in [1.807, 2.05) is 0 Å². The first-order valence-corrected chi connectivity index (χ1v) is 3.37. The zero-order valence-electron chi connectivity index (χ0n) is 5.41. The van der Waals surface area contributed by atoms with Crippen LogP contribution in [0.1, 0.15) is 0 Å². The highest BCUT2D eigenvalue weighted by atomic mass is 35.5. The Kier molecular flexibility index (Phi) is 1.26. The van der Waals surface area contributed by atoms with Crippen molar-refractivity contribution in [3.05, 3.63) is 23.5 Å². The van der Waals surface area contributed by atoms with Crippen LogP contribution < -0.4 is 0 Å². The maximum atomic E-state index is 9.07. The zero-order chi connectivity index (χ0) is 7.84. The third-order valence-corrected chi connectivity index (χ3v) is 1.60. The number of aromatic hydroxyl groups is 1. The lowest BCUT2D eigenvalue weighted by Crippen LogP contribution is -1.71. The maximum Gasteiger partial charge on any atom is 0.291 e. The summed E-state index contributed by atoms with van der Waals surface area (Å²) in [7, 11) is 0. The van der Waals surface area contributed by atoms with Gasteiger partial charge in [-0.2, -0.15) is 0 Å². The van der Waals surface area contributed by atoms with E-state index in [0.29, 0.717) is 15.9 Å². The molecule has 0 bridgehead atoms. The molecule has 2 rings (SSSR count). The van der Waals surface area contributed by atoms with E-state index in [1.54, 1.807) is 6.07 Å². The molecule has 0 atom stereocenters. The molecular formula is C7H4ClNO2. The molecular weight excluding hydrogens is 166 g/mol. The van der Waals surface area contributed by atoms with Gasteiger partial charge in [-0.05, 0) is 6.07 Å². The molecule has 11 heavy (non-hydrogen) atoms. The van der Waals surface area contributed by atoms with Gasteiger partial charge in [0.15, 0.2) is 0 Å². The second-order valence-electron chi connectivity index (χ2n) is 2.13. The highest BCUT2D eigenvalue weighted by Crippen LogP contribution is 2.26. The van der Waals surface area contributed by atoms with Crippen LogP contribution in [0.25, 0.3) is 10.9 Å². The first-order chi connectivity index (χ1) is 5.27. The summed E-state index contributed by atoms with van der Waals surface area (Å²) in [4.78, 5) is 3.92. The van der Waals surface area contributed by atoms with Gasteiger partial charge in [0.25, 0.3) is 5.95 Å². The van der Waals surface area contributed by atoms with E-state index in [1.165, 1.54) is 12.5 Å². The molecule has 0 saturated carbocycles. The van der Waals surface area contributed by atoms with Crippen LogP contribution in [0.2, 0.25) is 5.02 Å². The molecule has 0 aliphatic carbocycles. The van der Waals surface area contributed by atoms with Gasteiger partial charge < -0.3 is 9.52 Å². The van der Waals surface area contributed by atoms with Crippen molar-refractivity contribution >= 4 is 22.5 Å². The fourth-order valence-electron chi connectivity index (χ4n) is 0.890. The Labute approximate surface area is 67.2 Å². The summed E-state index contributed by atoms with van der Waals surface area (Å²) in [5, 5.41) is 10.1. The number of halogens is 1. The number of rotatable bonds is 0. The largest absolute Gasteiger partial charge is 0.480 e. The van der Waals surface area contributed by atoms with Gasteiger partial charge in [-0.25, -0.2) is 0 Å². The molecule has 3 nitrogen and oxygen atoms in total. The minimum Gasteiger partial charge on any atom is -0.480 e. The van der Waals surface area contributed by atoms with E-state index in [-0.39, 0.29) is 5.95 Å². The maximum absolute atomic E-state index is 9.07. The van der Waals surface area contributed by atoms with Crippen LogP contribution in [0.5, 0.6) is 5.95 Å². The summed E-state index contributed by atoms with van der Waals surface area (Å²) in [6, 6.07) is 1.60. The summed E-state index contributed by atoms with van der Waals surface area (Å²) >= 11 is 5.63. The SMILES string of the molecule is Oc1occ2ncc(Cl)cc12. The van der Waals surface area contributed by atoms with Crippen LogP contribution >= 0.6 is 11.6 Å². The lowest BCUT2D eigenvalue weighted by molar-refractivity contribution is 0.338. The third-order valence-electron chi connectivity index (χ3n) is 1.40. The van der Waals surface area contributed by atoms with Crippen molar-refractivity contribution < 1.29 is 9.52 Å². The number of pyridine rings is 1. The molecule has 1 N–H and O–H groups in total. The van der Waals surface area contributed by atoms with Crippen LogP contribution in [0, 0.1) is 0 Å². The second kappa shape index (κ2) is 2.13. The van der Waals surface area contributed by atoms with E-state index in [9.17, 15) is 0 Å². The van der Waals surface area contributed by atoms with E-state index >= 15 is 0 Å². The average molecular weight is 170 g/mol. The monoisotopic (exact) mass is 169 g/mol. The van der Waals surface area contributed by atoms with Crippen molar-refractivity contribution in [3.8, 4) is 5.95 Å². The number of hydrogen-bond acceptors (Lipinski definition) is 3. The molecule has 2 aromatic heterocycles. The van der Waals surface area contributed by atoms with Crippen molar-refractivity contribution in [2.45, 2.75) is 0 Å². The molecule has 2 heterocycles. The molecule has 0 unspecified atom stereocenters. The van der Waals surface area contributed by atoms with Crippen LogP contribution in [0.15, 0.2) is 22.9 Å². The molecule has 2 aromatic rings. The second-order valence-corrected chi connectivity index (χ2v) is 2.56. The van der Waals surface area contributed by atoms with E-state index in [2.05, 4.69) is 4.98 Å². The number of aromatic nitrogens is 1. The van der Waals surface area contributed by atoms with Crippen LogP contribution in [-0.4, -0.2) is 10.1 Å². The van der Waals surface area contributed by atoms with E-state index in [4.69, 9.17) is 21.1 Å². The van der Waals surface area contributed by atoms with Crippen molar-refractivity contribution in [2.24, 2.45) is 0 Å². The van der Waals surface area contributed by atoms with Crippen molar-refractivity contribution in [1.29, 1.82) is 0 Å². The molecule has 0 aliphatic heterocycles. The van der Waals surface area contributed by atoms with Crippen molar-refractivity contribution in [3.63, 3.8) is 0 Å². The van der Waals surface area contributed by atoms with E-state index < -0.39 is 0 Å². The highest BCUT2D eigenvalue weighted by molar-refractivity contribution is 6.31. The fourth-order valence-corrected chi connectivity index (χ4v) is 1.05. The Hall–Kier alpha value is -1.22. The summed E-state index contributed by atoms with van der Waals surface area (Å²) < 4.78 is 4.70. The number of hydrogen-bond donors (Lipinski definition) is 1. The topological polar surface area (TPSA) is 46.3 Å². The van der Waals surface area contributed by atoms with E-state index in [0.717, 1.165) is 0 Å². The van der Waals surface area contributed by atoms with Crippen molar-refractivity contribution in [1.82, 2.24) is 4.98 Å². The molecule has 0 radical (unpaired) electrons. The quantitative estimate of drug-likeness (QED) is 0.658. The Morgan fingerprint density at radius 2 is 2.36 bits per heavy atom. The third kappa shape index (κ3) is 0.935. The summed E-state index contributed by atoms with van der Waals surface area (Å²) in [5.74, 6) is -0.144. The first kappa shape index (κ1) is 6.49. The fraction of sp³-hybridized carbons (Fsp3) is 0. The van der Waals surface area contributed by atoms with Gasteiger partial charge in [-0.15, -0.1) is 0 Å². The van der Waals surface area contributed by atoms with Crippen molar-refractivity contribution in [2.75, 3.05) is 0 Å². The molecule has 0 saturated heterocycles. The summed E-state index contributed by atoms with van der Waals surface area (Å²) in [6.45, 7) is 0. The van der Waals surface area contributed by atoms with Crippen LogP contribution in [0.3, 0.4) is 0 Å². The highest BCUT2D eigenvalue weighted by Gasteiger charge is 2.04. The van der Waals surface area contributed by atoms with Gasteiger partial charge in [-0.3, -0.25) is 4.98 Å². The lowest BCUT2D eigenvalue weighted by atomic mass is 10.3. The predicted octanol–water partition coefficient (Wildman–Crippen LogP) is 2.19. The Balaban J connectivity index is 2.87. The van der Waals surface area contributed by atoms with Gasteiger partial charge in [0.2, 0.25) is 0 Å². The number of furan rings is 1. The minimum atomic E-state index is -0.144. The smallest absolute Gasteiger partial charge is 0.291 e. The number of nitrogens with zero attached hydrogens (tertiary/aromatic N) is 1. The van der Waals surface area contributed by atoms with Gasteiger partial charge in [0, 0.05) is 6.20 Å². The normalized spacial score (nSPS) is 10.6. The van der Waals surface area contributed by atoms with Crippen LogP contribution in [0.4, 0.5) is 0 Å². The van der Waals surface area contributed by atoms with Gasteiger partial charge in [0.1, 0.15) is 11.8 Å². The van der Waals surface area contributed by atoms with Gasteiger partial charge in [0.05, 0.1) is 10.4 Å². The lowest BCUT2D eigenvalue weighted by Gasteiger charge is -1.87. The Morgan fingerprint density at radius 1 is 1.55 bits per heavy atom. The number of fused-ring (bicyclic) bond motifs is 1. The standard InChI is InChI=1S/C7H4ClNO2/c8-4-1-5-6(9-2-4)3-11-7(5)10/h1-3,10H. The first-order valence-electron chi connectivity index (χ1n) is 2.99. The molecule has 4 heteroatoms. The molecule has 0 amide bonds. The zero-order valence-corrected chi connectivity index (χ0v) is 6.17. The Morgan fingerprint density at radius 3 is 3.18 bits per heavy atom. The molecule has 56 valence electrons. The molecule has 0 aromatic carbocycles. The van der Waals surface area contributed by atoms with Gasteiger partial charge >= 0.3 is 0 Å². The Bertz CT molecular complexity index is 396. The molecule has 0 fully saturated rings. The minimum absolute atomic E-state index is 0.144.